The van der Waals surface area contributed by atoms with E-state index in [0.29, 0.717) is 10.6 Å². The van der Waals surface area contributed by atoms with Crippen molar-refractivity contribution in [2.75, 3.05) is 6.61 Å². The highest BCUT2D eigenvalue weighted by atomic mass is 35.5. The van der Waals surface area contributed by atoms with Gasteiger partial charge in [-0.05, 0) is 30.3 Å². The summed E-state index contributed by atoms with van der Waals surface area (Å²) in [7, 11) is 0. The second-order valence-corrected chi connectivity index (χ2v) is 5.08. The third-order valence-electron chi connectivity index (χ3n) is 3.24. The third-order valence-corrected chi connectivity index (χ3v) is 3.49. The standard InChI is InChI=1S/C14H10ClNO5/c15-8-3-1-7(2-4-8)12(17)16-10-5-9-11(21-14(10)19)6-20-13(9)18/h1-5,9,11H,6H2,(H,16,17)/t9-,11-/m0/s1. The van der Waals surface area contributed by atoms with Gasteiger partial charge in [-0.1, -0.05) is 11.6 Å². The van der Waals surface area contributed by atoms with Crippen LogP contribution in [0.1, 0.15) is 10.4 Å². The first-order chi connectivity index (χ1) is 10.0. The lowest BCUT2D eigenvalue weighted by Crippen LogP contribution is -2.38. The molecule has 1 aromatic carbocycles. The maximum atomic E-state index is 12.0. The number of benzene rings is 1. The SMILES string of the molecule is O=C1O[C@H]2COC(=O)[C@H]2C=C1NC(=O)c1ccc(Cl)cc1. The molecule has 1 saturated heterocycles. The van der Waals surface area contributed by atoms with E-state index in [9.17, 15) is 14.4 Å². The summed E-state index contributed by atoms with van der Waals surface area (Å²) in [4.78, 5) is 35.3. The molecule has 7 heteroatoms. The summed E-state index contributed by atoms with van der Waals surface area (Å²) in [6.45, 7) is 0.0458. The van der Waals surface area contributed by atoms with Gasteiger partial charge in [0.15, 0.2) is 6.10 Å². The van der Waals surface area contributed by atoms with E-state index in [-0.39, 0.29) is 12.3 Å². The number of esters is 2. The summed E-state index contributed by atoms with van der Waals surface area (Å²) < 4.78 is 9.87. The Morgan fingerprint density at radius 2 is 1.95 bits per heavy atom. The van der Waals surface area contributed by atoms with Crippen molar-refractivity contribution in [3.63, 3.8) is 0 Å². The van der Waals surface area contributed by atoms with E-state index in [1.54, 1.807) is 12.1 Å². The van der Waals surface area contributed by atoms with Gasteiger partial charge in [0.25, 0.3) is 5.91 Å². The predicted molar refractivity (Wildman–Crippen MR) is 71.3 cm³/mol. The quantitative estimate of drug-likeness (QED) is 0.826. The molecule has 1 fully saturated rings. The second-order valence-electron chi connectivity index (χ2n) is 4.64. The van der Waals surface area contributed by atoms with Gasteiger partial charge in [0, 0.05) is 10.6 Å². The summed E-state index contributed by atoms with van der Waals surface area (Å²) in [6.07, 6.45) is 0.765. The molecule has 3 rings (SSSR count). The zero-order valence-corrected chi connectivity index (χ0v) is 11.4. The Morgan fingerprint density at radius 3 is 2.67 bits per heavy atom. The lowest BCUT2D eigenvalue weighted by atomic mass is 10.0. The van der Waals surface area contributed by atoms with Crippen LogP contribution in [0.15, 0.2) is 36.0 Å². The first kappa shape index (κ1) is 13.6. The highest BCUT2D eigenvalue weighted by molar-refractivity contribution is 6.30. The summed E-state index contributed by atoms with van der Waals surface area (Å²) in [6, 6.07) is 6.18. The smallest absolute Gasteiger partial charge is 0.354 e. The minimum absolute atomic E-state index is 0.0458. The average molecular weight is 308 g/mol. The Labute approximate surface area is 124 Å². The molecule has 1 N–H and O–H groups in total. The topological polar surface area (TPSA) is 81.7 Å². The predicted octanol–water partition coefficient (Wildman–Crippen LogP) is 1.05. The van der Waals surface area contributed by atoms with Crippen LogP contribution in [-0.2, 0) is 19.1 Å². The van der Waals surface area contributed by atoms with Crippen molar-refractivity contribution < 1.29 is 23.9 Å². The van der Waals surface area contributed by atoms with E-state index in [0.717, 1.165) is 0 Å². The number of halogens is 1. The molecule has 0 radical (unpaired) electrons. The number of amides is 1. The van der Waals surface area contributed by atoms with Gasteiger partial charge in [0.05, 0.1) is 0 Å². The van der Waals surface area contributed by atoms with E-state index in [2.05, 4.69) is 5.32 Å². The van der Waals surface area contributed by atoms with Crippen molar-refractivity contribution in [2.45, 2.75) is 6.10 Å². The molecule has 21 heavy (non-hydrogen) atoms. The molecule has 0 spiro atoms. The Bertz CT molecular complexity index is 652. The first-order valence-electron chi connectivity index (χ1n) is 6.21. The molecule has 0 aliphatic carbocycles. The minimum atomic E-state index is -0.683. The van der Waals surface area contributed by atoms with Crippen molar-refractivity contribution in [3.8, 4) is 0 Å². The van der Waals surface area contributed by atoms with Crippen LogP contribution in [0.25, 0.3) is 0 Å². The van der Waals surface area contributed by atoms with Crippen molar-refractivity contribution >= 4 is 29.4 Å². The molecule has 6 nitrogen and oxygen atoms in total. The molecule has 1 aromatic rings. The van der Waals surface area contributed by atoms with Gasteiger partial charge in [0.2, 0.25) is 0 Å². The maximum Gasteiger partial charge on any atom is 0.354 e. The van der Waals surface area contributed by atoms with Gasteiger partial charge in [-0.3, -0.25) is 9.59 Å². The van der Waals surface area contributed by atoms with Crippen LogP contribution in [0.3, 0.4) is 0 Å². The summed E-state index contributed by atoms with van der Waals surface area (Å²) >= 11 is 5.74. The third kappa shape index (κ3) is 2.62. The zero-order chi connectivity index (χ0) is 15.0. The average Bonchev–Trinajstić information content (AvgIpc) is 2.81. The number of fused-ring (bicyclic) bond motifs is 1. The van der Waals surface area contributed by atoms with Crippen LogP contribution in [0, 0.1) is 5.92 Å². The number of cyclic esters (lactones) is 1. The molecule has 0 aromatic heterocycles. The molecule has 0 bridgehead atoms. The molecule has 0 saturated carbocycles. The van der Waals surface area contributed by atoms with Gasteiger partial charge in [-0.2, -0.15) is 0 Å². The van der Waals surface area contributed by atoms with Crippen molar-refractivity contribution in [1.82, 2.24) is 5.32 Å². The van der Waals surface area contributed by atoms with Crippen molar-refractivity contribution in [1.29, 1.82) is 0 Å². The number of hydrogen-bond donors (Lipinski definition) is 1. The molecule has 0 unspecified atom stereocenters. The van der Waals surface area contributed by atoms with Crippen LogP contribution in [0.4, 0.5) is 0 Å². The van der Waals surface area contributed by atoms with Crippen molar-refractivity contribution in [2.24, 2.45) is 5.92 Å². The normalized spacial score (nSPS) is 23.8. The number of ether oxygens (including phenoxy) is 2. The van der Waals surface area contributed by atoms with Crippen LogP contribution in [0.2, 0.25) is 5.02 Å². The lowest BCUT2D eigenvalue weighted by molar-refractivity contribution is -0.147. The Hall–Kier alpha value is -2.34. The van der Waals surface area contributed by atoms with Crippen LogP contribution >= 0.6 is 11.6 Å². The molecule has 2 heterocycles. The second kappa shape index (κ2) is 5.21. The Morgan fingerprint density at radius 1 is 1.24 bits per heavy atom. The molecule has 1 amide bonds. The monoisotopic (exact) mass is 307 g/mol. The fourth-order valence-electron chi connectivity index (χ4n) is 2.14. The number of hydrogen-bond acceptors (Lipinski definition) is 5. The summed E-state index contributed by atoms with van der Waals surface area (Å²) in [5.41, 5.74) is 0.277. The van der Waals surface area contributed by atoms with Gasteiger partial charge in [0.1, 0.15) is 18.2 Å². The highest BCUT2D eigenvalue weighted by Crippen LogP contribution is 2.26. The fourth-order valence-corrected chi connectivity index (χ4v) is 2.26. The number of carbonyl (C=O) groups excluding carboxylic acids is 3. The van der Waals surface area contributed by atoms with E-state index in [1.165, 1.54) is 18.2 Å². The van der Waals surface area contributed by atoms with Crippen LogP contribution in [-0.4, -0.2) is 30.6 Å². The number of rotatable bonds is 2. The Kier molecular flexibility index (Phi) is 3.39. The van der Waals surface area contributed by atoms with Crippen LogP contribution in [0.5, 0.6) is 0 Å². The van der Waals surface area contributed by atoms with Gasteiger partial charge in [-0.25, -0.2) is 4.79 Å². The molecule has 2 aliphatic rings. The Balaban J connectivity index is 1.78. The zero-order valence-electron chi connectivity index (χ0n) is 10.7. The van der Waals surface area contributed by atoms with Gasteiger partial charge < -0.3 is 14.8 Å². The van der Waals surface area contributed by atoms with Gasteiger partial charge in [-0.15, -0.1) is 0 Å². The molecule has 108 valence electrons. The molecule has 2 atom stereocenters. The largest absolute Gasteiger partial charge is 0.461 e. The molecule has 2 aliphatic heterocycles. The summed E-state index contributed by atoms with van der Waals surface area (Å²) in [5, 5.41) is 2.93. The van der Waals surface area contributed by atoms with Crippen LogP contribution < -0.4 is 5.32 Å². The van der Waals surface area contributed by atoms with E-state index >= 15 is 0 Å². The molecular weight excluding hydrogens is 298 g/mol. The summed E-state index contributed by atoms with van der Waals surface area (Å²) in [5.74, 6) is -2.30. The fraction of sp³-hybridized carbons (Fsp3) is 0.214. The lowest BCUT2D eigenvalue weighted by Gasteiger charge is -2.21. The number of carbonyl (C=O) groups is 3. The van der Waals surface area contributed by atoms with E-state index in [1.807, 2.05) is 0 Å². The molecular formula is C14H10ClNO5. The van der Waals surface area contributed by atoms with Gasteiger partial charge >= 0.3 is 11.9 Å². The van der Waals surface area contributed by atoms with Crippen molar-refractivity contribution in [3.05, 3.63) is 46.6 Å². The minimum Gasteiger partial charge on any atom is -0.461 e. The number of nitrogens with one attached hydrogen (secondary N) is 1. The highest BCUT2D eigenvalue weighted by Gasteiger charge is 2.42. The van der Waals surface area contributed by atoms with E-state index in [4.69, 9.17) is 21.1 Å². The van der Waals surface area contributed by atoms with E-state index < -0.39 is 29.9 Å². The maximum absolute atomic E-state index is 12.0. The first-order valence-corrected chi connectivity index (χ1v) is 6.59.